The molecule has 2 aromatic heterocycles. The molecule has 0 unspecified atom stereocenters. The van der Waals surface area contributed by atoms with E-state index in [1.54, 1.807) is 19.5 Å². The Morgan fingerprint density at radius 2 is 2.15 bits per heavy atom. The number of methoxy groups -OCH3 is 1. The molecule has 2 rings (SSSR count). The number of pyridine rings is 1. The van der Waals surface area contributed by atoms with Crippen LogP contribution in [0.4, 0.5) is 0 Å². The van der Waals surface area contributed by atoms with Crippen LogP contribution in [0.25, 0.3) is 0 Å². The molecule has 0 saturated heterocycles. The van der Waals surface area contributed by atoms with Gasteiger partial charge in [-0.25, -0.2) is 4.98 Å². The Morgan fingerprint density at radius 3 is 2.77 bits per heavy atom. The van der Waals surface area contributed by atoms with E-state index in [2.05, 4.69) is 40.6 Å². The summed E-state index contributed by atoms with van der Waals surface area (Å²) in [6.07, 6.45) is 3.49. The predicted molar refractivity (Wildman–Crippen MR) is 104 cm³/mol. The molecule has 0 aliphatic rings. The van der Waals surface area contributed by atoms with Crippen molar-refractivity contribution in [1.82, 2.24) is 19.9 Å². The molecule has 0 aliphatic carbocycles. The van der Waals surface area contributed by atoms with Crippen LogP contribution in [0.15, 0.2) is 29.7 Å². The molecule has 6 nitrogen and oxygen atoms in total. The molecule has 0 saturated carbocycles. The number of thioether (sulfide) groups is 1. The van der Waals surface area contributed by atoms with Gasteiger partial charge in [-0.3, -0.25) is 9.78 Å². The molecule has 26 heavy (non-hydrogen) atoms. The van der Waals surface area contributed by atoms with E-state index in [0.29, 0.717) is 13.2 Å². The van der Waals surface area contributed by atoms with Crippen LogP contribution in [0.5, 0.6) is 0 Å². The van der Waals surface area contributed by atoms with E-state index >= 15 is 0 Å². The lowest BCUT2D eigenvalue weighted by Crippen LogP contribution is -2.35. The van der Waals surface area contributed by atoms with E-state index in [4.69, 9.17) is 4.74 Å². The van der Waals surface area contributed by atoms with E-state index < -0.39 is 0 Å². The van der Waals surface area contributed by atoms with Gasteiger partial charge >= 0.3 is 0 Å². The highest BCUT2D eigenvalue weighted by Gasteiger charge is 2.26. The molecule has 2 aromatic rings. The minimum absolute atomic E-state index is 0.0189. The van der Waals surface area contributed by atoms with Gasteiger partial charge in [-0.15, -0.1) is 0 Å². The highest BCUT2D eigenvalue weighted by atomic mass is 32.2. The fourth-order valence-corrected chi connectivity index (χ4v) is 3.79. The molecule has 1 atom stereocenters. The molecule has 0 spiro atoms. The molecule has 0 bridgehead atoms. The molecule has 2 heterocycles. The number of rotatable bonds is 9. The van der Waals surface area contributed by atoms with Crippen molar-refractivity contribution in [2.45, 2.75) is 51.2 Å². The number of aryl methyl sites for hydroxylation is 1. The van der Waals surface area contributed by atoms with Gasteiger partial charge in [0, 0.05) is 38.3 Å². The Hall–Kier alpha value is -1.86. The van der Waals surface area contributed by atoms with Crippen LogP contribution >= 0.6 is 11.8 Å². The minimum Gasteiger partial charge on any atom is -0.383 e. The largest absolute Gasteiger partial charge is 0.383 e. The smallest absolute Gasteiger partial charge is 0.234 e. The van der Waals surface area contributed by atoms with Gasteiger partial charge in [0.25, 0.3) is 0 Å². The SMILES string of the molecule is COCCn1c(S[C@H](C(=O)NCc2cccnc2)C(C)C)nc(C)c1C. The first-order valence-electron chi connectivity index (χ1n) is 8.80. The number of ether oxygens (including phenoxy) is 1. The summed E-state index contributed by atoms with van der Waals surface area (Å²) in [5.41, 5.74) is 3.09. The van der Waals surface area contributed by atoms with Crippen molar-refractivity contribution in [2.24, 2.45) is 5.92 Å². The second kappa shape index (κ2) is 9.73. The van der Waals surface area contributed by atoms with Crippen molar-refractivity contribution in [3.63, 3.8) is 0 Å². The second-order valence-corrected chi connectivity index (χ2v) is 7.68. The zero-order valence-corrected chi connectivity index (χ0v) is 17.0. The first-order valence-corrected chi connectivity index (χ1v) is 9.68. The molecule has 0 radical (unpaired) electrons. The third-order valence-electron chi connectivity index (χ3n) is 4.23. The molecule has 1 amide bonds. The molecule has 7 heteroatoms. The van der Waals surface area contributed by atoms with Gasteiger partial charge in [-0.05, 0) is 31.4 Å². The Bertz CT molecular complexity index is 716. The van der Waals surface area contributed by atoms with Gasteiger partial charge in [-0.1, -0.05) is 31.7 Å². The van der Waals surface area contributed by atoms with Gasteiger partial charge < -0.3 is 14.6 Å². The lowest BCUT2D eigenvalue weighted by Gasteiger charge is -2.20. The van der Waals surface area contributed by atoms with Crippen molar-refractivity contribution in [3.05, 3.63) is 41.5 Å². The van der Waals surface area contributed by atoms with Crippen LogP contribution in [0.3, 0.4) is 0 Å². The Kier molecular flexibility index (Phi) is 7.66. The van der Waals surface area contributed by atoms with Crippen LogP contribution in [-0.4, -0.2) is 39.4 Å². The Morgan fingerprint density at radius 1 is 1.38 bits per heavy atom. The molecule has 142 valence electrons. The van der Waals surface area contributed by atoms with E-state index in [0.717, 1.165) is 28.7 Å². The average molecular weight is 377 g/mol. The summed E-state index contributed by atoms with van der Waals surface area (Å²) in [6, 6.07) is 3.82. The first-order chi connectivity index (χ1) is 12.4. The van der Waals surface area contributed by atoms with E-state index in [9.17, 15) is 4.79 Å². The molecule has 0 aromatic carbocycles. The summed E-state index contributed by atoms with van der Waals surface area (Å²) in [4.78, 5) is 21.5. The maximum absolute atomic E-state index is 12.8. The number of nitrogens with one attached hydrogen (secondary N) is 1. The number of aromatic nitrogens is 3. The summed E-state index contributed by atoms with van der Waals surface area (Å²) in [7, 11) is 1.69. The van der Waals surface area contributed by atoms with Crippen molar-refractivity contribution in [3.8, 4) is 0 Å². The highest BCUT2D eigenvalue weighted by molar-refractivity contribution is 8.00. The quantitative estimate of drug-likeness (QED) is 0.682. The van der Waals surface area contributed by atoms with Gasteiger partial charge in [-0.2, -0.15) is 0 Å². The van der Waals surface area contributed by atoms with Crippen LogP contribution < -0.4 is 5.32 Å². The van der Waals surface area contributed by atoms with Gasteiger partial charge in [0.2, 0.25) is 5.91 Å². The predicted octanol–water partition coefficient (Wildman–Crippen LogP) is 2.97. The number of carbonyl (C=O) groups excluding carboxylic acids is 1. The Labute approximate surface area is 159 Å². The van der Waals surface area contributed by atoms with Crippen molar-refractivity contribution in [2.75, 3.05) is 13.7 Å². The zero-order chi connectivity index (χ0) is 19.1. The summed E-state index contributed by atoms with van der Waals surface area (Å²) in [5, 5.41) is 3.68. The number of hydrogen-bond acceptors (Lipinski definition) is 5. The normalized spacial score (nSPS) is 12.4. The average Bonchev–Trinajstić information content (AvgIpc) is 2.90. The maximum atomic E-state index is 12.8. The maximum Gasteiger partial charge on any atom is 0.234 e. The highest BCUT2D eigenvalue weighted by Crippen LogP contribution is 2.29. The minimum atomic E-state index is -0.214. The molecular formula is C19H28N4O2S. The van der Waals surface area contributed by atoms with E-state index in [1.807, 2.05) is 19.1 Å². The van der Waals surface area contributed by atoms with Crippen LogP contribution in [-0.2, 0) is 22.6 Å². The molecule has 0 aliphatic heterocycles. The molecule has 0 fully saturated rings. The number of amides is 1. The summed E-state index contributed by atoms with van der Waals surface area (Å²) < 4.78 is 7.34. The standard InChI is InChI=1S/C19H28N4O2S/c1-13(2)17(18(24)21-12-16-7-6-8-20-11-16)26-19-22-14(3)15(4)23(19)9-10-25-5/h6-8,11,13,17H,9-10,12H2,1-5H3,(H,21,24)/t17-/m0/s1. The fraction of sp³-hybridized carbons (Fsp3) is 0.526. The monoisotopic (exact) mass is 376 g/mol. The lowest BCUT2D eigenvalue weighted by atomic mass is 10.1. The summed E-state index contributed by atoms with van der Waals surface area (Å²) >= 11 is 1.52. The van der Waals surface area contributed by atoms with E-state index in [-0.39, 0.29) is 17.1 Å². The molecular weight excluding hydrogens is 348 g/mol. The number of nitrogens with zero attached hydrogens (tertiary/aromatic N) is 3. The van der Waals surface area contributed by atoms with Crippen molar-refractivity contribution < 1.29 is 9.53 Å². The number of carbonyl (C=O) groups is 1. The molecule has 1 N–H and O–H groups in total. The number of hydrogen-bond donors (Lipinski definition) is 1. The van der Waals surface area contributed by atoms with Gasteiger partial charge in [0.05, 0.1) is 17.6 Å². The fourth-order valence-electron chi connectivity index (χ4n) is 2.56. The van der Waals surface area contributed by atoms with Gasteiger partial charge in [0.15, 0.2) is 5.16 Å². The van der Waals surface area contributed by atoms with Gasteiger partial charge in [0.1, 0.15) is 0 Å². The van der Waals surface area contributed by atoms with Crippen molar-refractivity contribution in [1.29, 1.82) is 0 Å². The Balaban J connectivity index is 2.10. The third kappa shape index (κ3) is 5.32. The van der Waals surface area contributed by atoms with E-state index in [1.165, 1.54) is 11.8 Å². The van der Waals surface area contributed by atoms with Crippen LogP contribution in [0.1, 0.15) is 30.8 Å². The first kappa shape index (κ1) is 20.5. The van der Waals surface area contributed by atoms with Crippen LogP contribution in [0.2, 0.25) is 0 Å². The third-order valence-corrected chi connectivity index (χ3v) is 5.76. The lowest BCUT2D eigenvalue weighted by molar-refractivity contribution is -0.121. The van der Waals surface area contributed by atoms with Crippen LogP contribution in [0, 0.1) is 19.8 Å². The van der Waals surface area contributed by atoms with Crippen molar-refractivity contribution >= 4 is 17.7 Å². The summed E-state index contributed by atoms with van der Waals surface area (Å²) in [6.45, 7) is 9.99. The number of imidazole rings is 1. The zero-order valence-electron chi connectivity index (χ0n) is 16.2. The summed E-state index contributed by atoms with van der Waals surface area (Å²) in [5.74, 6) is 0.201. The topological polar surface area (TPSA) is 69.0 Å². The second-order valence-electron chi connectivity index (χ2n) is 6.57.